The summed E-state index contributed by atoms with van der Waals surface area (Å²) in [5.41, 5.74) is 7.29. The quantitative estimate of drug-likeness (QED) is 0.745. The zero-order valence-electron chi connectivity index (χ0n) is 8.39. The van der Waals surface area contributed by atoms with Crippen LogP contribution >= 0.6 is 0 Å². The molecule has 1 aromatic rings. The van der Waals surface area contributed by atoms with Crippen molar-refractivity contribution in [3.8, 4) is 0 Å². The summed E-state index contributed by atoms with van der Waals surface area (Å²) in [4.78, 5) is 0. The lowest BCUT2D eigenvalue weighted by Crippen LogP contribution is -2.34. The Balaban J connectivity index is 2.96. The summed E-state index contributed by atoms with van der Waals surface area (Å²) >= 11 is 0. The topological polar surface area (TPSA) is 26.0 Å². The number of hydrogen-bond acceptors (Lipinski definition) is 1. The second kappa shape index (κ2) is 3.46. The van der Waals surface area contributed by atoms with Crippen molar-refractivity contribution in [1.29, 1.82) is 0 Å². The van der Waals surface area contributed by atoms with E-state index in [9.17, 15) is 4.39 Å². The smallest absolute Gasteiger partial charge is 0.126 e. The Kier molecular flexibility index (Phi) is 2.71. The Hall–Kier alpha value is -0.890. The molecule has 0 aliphatic rings. The fraction of sp³-hybridized carbons (Fsp3) is 0.455. The fourth-order valence-electron chi connectivity index (χ4n) is 1.33. The number of hydrogen-bond donors (Lipinski definition) is 1. The van der Waals surface area contributed by atoms with Crippen LogP contribution in [0.2, 0.25) is 0 Å². The molecule has 0 saturated heterocycles. The summed E-state index contributed by atoms with van der Waals surface area (Å²) in [6.07, 6.45) is 0.705. The Morgan fingerprint density at radius 1 is 1.38 bits per heavy atom. The molecule has 0 bridgehead atoms. The monoisotopic (exact) mass is 181 g/mol. The summed E-state index contributed by atoms with van der Waals surface area (Å²) in [7, 11) is 0. The van der Waals surface area contributed by atoms with E-state index in [2.05, 4.69) is 0 Å². The van der Waals surface area contributed by atoms with E-state index in [0.717, 1.165) is 5.56 Å². The van der Waals surface area contributed by atoms with Crippen LogP contribution in [0.1, 0.15) is 25.0 Å². The maximum absolute atomic E-state index is 13.1. The lowest BCUT2D eigenvalue weighted by molar-refractivity contribution is 0.512. The van der Waals surface area contributed by atoms with E-state index in [1.807, 2.05) is 19.9 Å². The summed E-state index contributed by atoms with van der Waals surface area (Å²) in [5, 5.41) is 0. The van der Waals surface area contributed by atoms with Crippen molar-refractivity contribution in [2.45, 2.75) is 32.7 Å². The van der Waals surface area contributed by atoms with Gasteiger partial charge in [0.05, 0.1) is 0 Å². The number of nitrogens with two attached hydrogens (primary N) is 1. The van der Waals surface area contributed by atoms with Gasteiger partial charge in [0.15, 0.2) is 0 Å². The zero-order valence-corrected chi connectivity index (χ0v) is 8.39. The molecular formula is C11H16FN. The van der Waals surface area contributed by atoms with E-state index in [1.54, 1.807) is 13.0 Å². The first kappa shape index (κ1) is 10.2. The Morgan fingerprint density at radius 2 is 2.00 bits per heavy atom. The molecule has 0 fully saturated rings. The molecule has 0 amide bonds. The number of rotatable bonds is 2. The molecule has 0 aliphatic carbocycles. The Bertz CT molecular complexity index is 299. The molecule has 1 nitrogen and oxygen atoms in total. The first-order valence-corrected chi connectivity index (χ1v) is 4.43. The highest BCUT2D eigenvalue weighted by molar-refractivity contribution is 5.28. The predicted molar refractivity (Wildman–Crippen MR) is 53.1 cm³/mol. The van der Waals surface area contributed by atoms with Crippen molar-refractivity contribution >= 4 is 0 Å². The van der Waals surface area contributed by atoms with Crippen molar-refractivity contribution in [2.75, 3.05) is 0 Å². The lowest BCUT2D eigenvalue weighted by atomic mass is 9.93. The van der Waals surface area contributed by atoms with E-state index in [0.29, 0.717) is 12.0 Å². The Morgan fingerprint density at radius 3 is 2.54 bits per heavy atom. The van der Waals surface area contributed by atoms with E-state index < -0.39 is 0 Å². The minimum absolute atomic E-state index is 0.151. The van der Waals surface area contributed by atoms with Gasteiger partial charge in [-0.25, -0.2) is 4.39 Å². The van der Waals surface area contributed by atoms with E-state index in [-0.39, 0.29) is 11.4 Å². The molecule has 13 heavy (non-hydrogen) atoms. The molecule has 2 heteroatoms. The van der Waals surface area contributed by atoms with Crippen LogP contribution in [0.15, 0.2) is 18.2 Å². The fourth-order valence-corrected chi connectivity index (χ4v) is 1.33. The summed E-state index contributed by atoms with van der Waals surface area (Å²) in [6, 6.07) is 5.12. The summed E-state index contributed by atoms with van der Waals surface area (Å²) < 4.78 is 13.1. The maximum atomic E-state index is 13.1. The van der Waals surface area contributed by atoms with Gasteiger partial charge in [0.1, 0.15) is 5.82 Å². The van der Waals surface area contributed by atoms with Crippen molar-refractivity contribution in [3.63, 3.8) is 0 Å². The first-order chi connectivity index (χ1) is 5.90. The van der Waals surface area contributed by atoms with E-state index in [4.69, 9.17) is 5.73 Å². The van der Waals surface area contributed by atoms with E-state index >= 15 is 0 Å². The SMILES string of the molecule is Cc1c(F)cccc1CC(C)(C)N. The van der Waals surface area contributed by atoms with Gasteiger partial charge in [-0.15, -0.1) is 0 Å². The van der Waals surface area contributed by atoms with Crippen molar-refractivity contribution < 1.29 is 4.39 Å². The van der Waals surface area contributed by atoms with Crippen LogP contribution in [0, 0.1) is 12.7 Å². The molecule has 1 rings (SSSR count). The van der Waals surface area contributed by atoms with Crippen molar-refractivity contribution in [3.05, 3.63) is 35.1 Å². The normalized spacial score (nSPS) is 11.8. The largest absolute Gasteiger partial charge is 0.325 e. The van der Waals surface area contributed by atoms with Gasteiger partial charge in [-0.05, 0) is 44.4 Å². The standard InChI is InChI=1S/C11H16FN/c1-8-9(7-11(2,3)13)5-4-6-10(8)12/h4-6H,7,13H2,1-3H3. The van der Waals surface area contributed by atoms with Gasteiger partial charge in [0, 0.05) is 5.54 Å². The van der Waals surface area contributed by atoms with Gasteiger partial charge in [0.2, 0.25) is 0 Å². The van der Waals surface area contributed by atoms with Gasteiger partial charge < -0.3 is 5.73 Å². The maximum Gasteiger partial charge on any atom is 0.126 e. The molecule has 0 atom stereocenters. The highest BCUT2D eigenvalue weighted by Gasteiger charge is 2.14. The first-order valence-electron chi connectivity index (χ1n) is 4.43. The van der Waals surface area contributed by atoms with Gasteiger partial charge in [-0.3, -0.25) is 0 Å². The second-order valence-corrected chi connectivity index (χ2v) is 4.19. The third-order valence-corrected chi connectivity index (χ3v) is 2.03. The lowest BCUT2D eigenvalue weighted by Gasteiger charge is -2.19. The van der Waals surface area contributed by atoms with Crippen molar-refractivity contribution in [1.82, 2.24) is 0 Å². The number of benzene rings is 1. The second-order valence-electron chi connectivity index (χ2n) is 4.19. The Labute approximate surface area is 78.8 Å². The number of halogens is 1. The van der Waals surface area contributed by atoms with Crippen LogP contribution in [0.4, 0.5) is 4.39 Å². The third-order valence-electron chi connectivity index (χ3n) is 2.03. The molecule has 0 saturated carbocycles. The summed E-state index contributed by atoms with van der Waals surface area (Å²) in [5.74, 6) is -0.151. The molecule has 2 N–H and O–H groups in total. The third kappa shape index (κ3) is 2.81. The molecule has 72 valence electrons. The molecule has 0 spiro atoms. The van der Waals surface area contributed by atoms with Crippen molar-refractivity contribution in [2.24, 2.45) is 5.73 Å². The van der Waals surface area contributed by atoms with Gasteiger partial charge in [0.25, 0.3) is 0 Å². The molecular weight excluding hydrogens is 165 g/mol. The summed E-state index contributed by atoms with van der Waals surface area (Å²) in [6.45, 7) is 5.67. The predicted octanol–water partition coefficient (Wildman–Crippen LogP) is 2.41. The van der Waals surface area contributed by atoms with Gasteiger partial charge >= 0.3 is 0 Å². The van der Waals surface area contributed by atoms with Crippen LogP contribution in [0.25, 0.3) is 0 Å². The average Bonchev–Trinajstić information content (AvgIpc) is 1.96. The average molecular weight is 181 g/mol. The van der Waals surface area contributed by atoms with Crippen LogP contribution < -0.4 is 5.73 Å². The minimum Gasteiger partial charge on any atom is -0.325 e. The van der Waals surface area contributed by atoms with Crippen LogP contribution in [0.3, 0.4) is 0 Å². The van der Waals surface area contributed by atoms with Crippen LogP contribution in [-0.2, 0) is 6.42 Å². The van der Waals surface area contributed by atoms with Crippen LogP contribution in [-0.4, -0.2) is 5.54 Å². The molecule has 0 aromatic heterocycles. The van der Waals surface area contributed by atoms with Crippen LogP contribution in [0.5, 0.6) is 0 Å². The molecule has 0 radical (unpaired) electrons. The molecule has 0 unspecified atom stereocenters. The highest BCUT2D eigenvalue weighted by Crippen LogP contribution is 2.16. The molecule has 0 aliphatic heterocycles. The molecule has 0 heterocycles. The van der Waals surface area contributed by atoms with Gasteiger partial charge in [-0.2, -0.15) is 0 Å². The minimum atomic E-state index is -0.279. The zero-order chi connectivity index (χ0) is 10.1. The molecule has 1 aromatic carbocycles. The highest BCUT2D eigenvalue weighted by atomic mass is 19.1. The van der Waals surface area contributed by atoms with E-state index in [1.165, 1.54) is 6.07 Å². The van der Waals surface area contributed by atoms with Gasteiger partial charge in [-0.1, -0.05) is 12.1 Å².